The number of quaternary nitrogens is 1. The Bertz CT molecular complexity index is 1330. The van der Waals surface area contributed by atoms with Gasteiger partial charge in [-0.2, -0.15) is 17.7 Å². The normalized spacial score (nSPS) is 18.4. The largest absolute Gasteiger partial charge is 0.416 e. The van der Waals surface area contributed by atoms with Crippen LogP contribution in [0, 0.1) is 0 Å². The van der Waals surface area contributed by atoms with Crippen LogP contribution in [0.1, 0.15) is 16.7 Å². The maximum absolute atomic E-state index is 13.5. The standard InChI is InChI=1S/C24H19F3NO3S/c1-32(30,31)21-12-9-17(10-13-21)16-28(20-7-4-6-19(15-20)24(25,26)27)22-8-3-2-5-18(22)11-14-23(28)29/h2-15H,16H2,1H3/q+1. The minimum Gasteiger partial charge on any atom is -0.225 e. The number of fused-ring (bicyclic) bond motifs is 1. The maximum Gasteiger partial charge on any atom is 0.416 e. The van der Waals surface area contributed by atoms with Crippen molar-refractivity contribution in [1.82, 2.24) is 4.48 Å². The Labute approximate surface area is 183 Å². The van der Waals surface area contributed by atoms with Crippen molar-refractivity contribution in [3.8, 4) is 0 Å². The van der Waals surface area contributed by atoms with Gasteiger partial charge in [0.05, 0.1) is 10.5 Å². The lowest BCUT2D eigenvalue weighted by atomic mass is 9.99. The number of carbonyl (C=O) groups is 1. The van der Waals surface area contributed by atoms with Crippen LogP contribution in [0.4, 0.5) is 24.5 Å². The molecule has 3 aromatic carbocycles. The Morgan fingerprint density at radius 1 is 0.875 bits per heavy atom. The third-order valence-electron chi connectivity index (χ3n) is 5.52. The van der Waals surface area contributed by atoms with Gasteiger partial charge in [0.15, 0.2) is 15.5 Å². The molecule has 164 valence electrons. The summed E-state index contributed by atoms with van der Waals surface area (Å²) in [6.07, 6.45) is -0.457. The number of rotatable bonds is 4. The van der Waals surface area contributed by atoms with E-state index in [4.69, 9.17) is 0 Å². The number of halogens is 3. The molecule has 1 heterocycles. The molecular weight excluding hydrogens is 439 g/mol. The monoisotopic (exact) mass is 458 g/mol. The summed E-state index contributed by atoms with van der Waals surface area (Å²) >= 11 is 0. The summed E-state index contributed by atoms with van der Waals surface area (Å²) in [6, 6.07) is 17.8. The van der Waals surface area contributed by atoms with E-state index >= 15 is 0 Å². The molecule has 4 nitrogen and oxygen atoms in total. The predicted octanol–water partition coefficient (Wildman–Crippen LogP) is 5.50. The molecule has 3 aromatic rings. The molecule has 0 radical (unpaired) electrons. The first-order valence-corrected chi connectivity index (χ1v) is 11.6. The maximum atomic E-state index is 13.5. The number of carbonyl (C=O) groups excluding carboxylic acids is 1. The van der Waals surface area contributed by atoms with E-state index in [1.165, 1.54) is 30.3 Å². The first-order valence-electron chi connectivity index (χ1n) is 9.69. The van der Waals surface area contributed by atoms with Crippen molar-refractivity contribution in [1.29, 1.82) is 0 Å². The Hall–Kier alpha value is -3.23. The van der Waals surface area contributed by atoms with Crippen LogP contribution in [-0.2, 0) is 27.4 Å². The quantitative estimate of drug-likeness (QED) is 0.485. The van der Waals surface area contributed by atoms with Crippen LogP contribution in [0.3, 0.4) is 0 Å². The molecule has 1 unspecified atom stereocenters. The van der Waals surface area contributed by atoms with Crippen LogP contribution < -0.4 is 4.48 Å². The molecule has 0 bridgehead atoms. The van der Waals surface area contributed by atoms with Crippen LogP contribution in [-0.4, -0.2) is 20.6 Å². The van der Waals surface area contributed by atoms with Gasteiger partial charge in [-0.05, 0) is 30.3 Å². The molecule has 0 N–H and O–H groups in total. The van der Waals surface area contributed by atoms with E-state index < -0.39 is 32.0 Å². The van der Waals surface area contributed by atoms with Crippen molar-refractivity contribution in [2.45, 2.75) is 17.6 Å². The number of benzene rings is 3. The van der Waals surface area contributed by atoms with Gasteiger partial charge in [0.1, 0.15) is 12.2 Å². The van der Waals surface area contributed by atoms with Gasteiger partial charge in [-0.3, -0.25) is 0 Å². The van der Waals surface area contributed by atoms with E-state index in [1.54, 1.807) is 42.5 Å². The zero-order valence-electron chi connectivity index (χ0n) is 17.0. The van der Waals surface area contributed by atoms with Gasteiger partial charge < -0.3 is 0 Å². The fraction of sp³-hybridized carbons (Fsp3) is 0.125. The van der Waals surface area contributed by atoms with Gasteiger partial charge in [0.25, 0.3) is 0 Å². The fourth-order valence-corrected chi connectivity index (χ4v) is 4.57. The van der Waals surface area contributed by atoms with Crippen molar-refractivity contribution >= 4 is 33.2 Å². The first kappa shape index (κ1) is 22.0. The second kappa shape index (κ2) is 7.72. The molecule has 32 heavy (non-hydrogen) atoms. The number of amides is 1. The summed E-state index contributed by atoms with van der Waals surface area (Å²) < 4.78 is 63.5. The molecule has 1 atom stereocenters. The van der Waals surface area contributed by atoms with E-state index in [-0.39, 0.29) is 17.1 Å². The molecule has 0 aliphatic carbocycles. The molecule has 1 amide bonds. The average molecular weight is 458 g/mol. The van der Waals surface area contributed by atoms with Crippen molar-refractivity contribution in [2.24, 2.45) is 0 Å². The van der Waals surface area contributed by atoms with Crippen LogP contribution in [0.15, 0.2) is 83.8 Å². The zero-order valence-corrected chi connectivity index (χ0v) is 17.8. The summed E-state index contributed by atoms with van der Waals surface area (Å²) in [4.78, 5) is 13.5. The lowest BCUT2D eigenvalue weighted by Gasteiger charge is -2.37. The Morgan fingerprint density at radius 2 is 1.56 bits per heavy atom. The summed E-state index contributed by atoms with van der Waals surface area (Å²) in [5, 5.41) is 0. The number of nitrogens with zero attached hydrogens (tertiary/aromatic N) is 1. The highest BCUT2D eigenvalue weighted by atomic mass is 32.2. The summed E-state index contributed by atoms with van der Waals surface area (Å²) in [5.41, 5.74) is 1.20. The Morgan fingerprint density at radius 3 is 2.22 bits per heavy atom. The molecule has 0 saturated heterocycles. The molecule has 0 fully saturated rings. The summed E-state index contributed by atoms with van der Waals surface area (Å²) in [7, 11) is -3.41. The van der Waals surface area contributed by atoms with Gasteiger partial charge >= 0.3 is 12.1 Å². The molecule has 8 heteroatoms. The highest BCUT2D eigenvalue weighted by Gasteiger charge is 2.45. The van der Waals surface area contributed by atoms with E-state index in [2.05, 4.69) is 0 Å². The first-order chi connectivity index (χ1) is 15.0. The molecule has 0 saturated carbocycles. The van der Waals surface area contributed by atoms with Crippen LogP contribution in [0.5, 0.6) is 0 Å². The van der Waals surface area contributed by atoms with E-state index in [1.807, 2.05) is 0 Å². The van der Waals surface area contributed by atoms with Gasteiger partial charge in [-0.1, -0.05) is 30.3 Å². The van der Waals surface area contributed by atoms with Crippen molar-refractivity contribution in [3.05, 3.63) is 95.6 Å². The van der Waals surface area contributed by atoms with Gasteiger partial charge in [0.2, 0.25) is 0 Å². The fourth-order valence-electron chi connectivity index (χ4n) is 3.94. The smallest absolute Gasteiger partial charge is 0.225 e. The Kier molecular flexibility index (Phi) is 5.30. The highest BCUT2D eigenvalue weighted by molar-refractivity contribution is 7.90. The molecule has 0 aromatic heterocycles. The Balaban J connectivity index is 1.93. The predicted molar refractivity (Wildman–Crippen MR) is 117 cm³/mol. The molecular formula is C24H19F3NO3S+. The lowest BCUT2D eigenvalue weighted by molar-refractivity contribution is -0.137. The second-order valence-corrected chi connectivity index (χ2v) is 9.68. The summed E-state index contributed by atoms with van der Waals surface area (Å²) in [6.45, 7) is 0.0194. The zero-order chi connectivity index (χ0) is 23.1. The van der Waals surface area contributed by atoms with Crippen LogP contribution in [0.2, 0.25) is 0 Å². The SMILES string of the molecule is CS(=O)(=O)c1ccc(C[N+]2(c3cccc(C(F)(F)F)c3)C(=O)C=Cc3ccccc32)cc1. The third kappa shape index (κ3) is 3.87. The summed E-state index contributed by atoms with van der Waals surface area (Å²) in [5.74, 6) is -0.393. The highest BCUT2D eigenvalue weighted by Crippen LogP contribution is 2.44. The van der Waals surface area contributed by atoms with Crippen molar-refractivity contribution < 1.29 is 26.4 Å². The number of para-hydroxylation sites is 1. The van der Waals surface area contributed by atoms with E-state index in [9.17, 15) is 26.4 Å². The van der Waals surface area contributed by atoms with Gasteiger partial charge in [-0.15, -0.1) is 0 Å². The third-order valence-corrected chi connectivity index (χ3v) is 6.64. The molecule has 1 aliphatic heterocycles. The molecule has 4 rings (SSSR count). The number of alkyl halides is 3. The van der Waals surface area contributed by atoms with Gasteiger partial charge in [-0.25, -0.2) is 13.2 Å². The molecule has 1 aliphatic rings. The topological polar surface area (TPSA) is 51.2 Å². The number of hydrogen-bond acceptors (Lipinski definition) is 3. The van der Waals surface area contributed by atoms with Crippen molar-refractivity contribution in [3.63, 3.8) is 0 Å². The molecule has 0 spiro atoms. The van der Waals surface area contributed by atoms with Crippen LogP contribution in [0.25, 0.3) is 6.08 Å². The van der Waals surface area contributed by atoms with Crippen molar-refractivity contribution in [2.75, 3.05) is 6.26 Å². The van der Waals surface area contributed by atoms with Gasteiger partial charge in [0, 0.05) is 41.7 Å². The second-order valence-electron chi connectivity index (χ2n) is 7.66. The van der Waals surface area contributed by atoms with E-state index in [0.717, 1.165) is 24.0 Å². The minimum absolute atomic E-state index is 0.0194. The number of sulfone groups is 1. The number of hydrogen-bond donors (Lipinski definition) is 0. The van der Waals surface area contributed by atoms with Crippen LogP contribution >= 0.6 is 0 Å². The lowest BCUT2D eigenvalue weighted by Crippen LogP contribution is -2.49. The van der Waals surface area contributed by atoms with E-state index in [0.29, 0.717) is 11.3 Å². The average Bonchev–Trinajstić information content (AvgIpc) is 2.75. The minimum atomic E-state index is -4.56.